The second kappa shape index (κ2) is 9.67. The number of rotatable bonds is 5. The second-order valence-electron chi connectivity index (χ2n) is 8.83. The number of benzene rings is 1. The van der Waals surface area contributed by atoms with Crippen LogP contribution in [0.2, 0.25) is 0 Å². The van der Waals surface area contributed by atoms with Gasteiger partial charge in [0.05, 0.1) is 5.69 Å². The van der Waals surface area contributed by atoms with Crippen molar-refractivity contribution in [1.82, 2.24) is 9.88 Å². The third-order valence-corrected chi connectivity index (χ3v) is 6.57. The monoisotopic (exact) mass is 468 g/mol. The molecule has 3 aromatic heterocycles. The van der Waals surface area contributed by atoms with Gasteiger partial charge in [-0.1, -0.05) is 18.6 Å². The summed E-state index contributed by atoms with van der Waals surface area (Å²) >= 11 is 0. The van der Waals surface area contributed by atoms with E-state index in [1.54, 1.807) is 0 Å². The Morgan fingerprint density at radius 3 is 2.79 bits per heavy atom. The van der Waals surface area contributed by atoms with Crippen molar-refractivity contribution < 1.29 is 13.9 Å². The van der Waals surface area contributed by atoms with Gasteiger partial charge in [0.1, 0.15) is 11.3 Å². The number of hydrogen-bond acceptors (Lipinski definition) is 6. The zero-order valence-corrected chi connectivity index (χ0v) is 19.8. The standard InChI is InChI=1S/C26H28N2O4.ClH/c1-16-6-7-20-22(13-25(30)31-23(20)11-16)24-12-21-18(14-27-17(2)26(21)32-24)15-28-9-4-3-5-19(28)8-10-29;/h6-7,11-14,19,29H,3-5,8-10,15H2,1-2H3;1H. The second-order valence-corrected chi connectivity index (χ2v) is 8.83. The molecule has 5 rings (SSSR count). The van der Waals surface area contributed by atoms with Gasteiger partial charge >= 0.3 is 5.63 Å². The summed E-state index contributed by atoms with van der Waals surface area (Å²) in [5, 5.41) is 11.3. The zero-order valence-electron chi connectivity index (χ0n) is 19.0. The lowest BCUT2D eigenvalue weighted by molar-refractivity contribution is 0.113. The highest BCUT2D eigenvalue weighted by Gasteiger charge is 2.24. The molecule has 0 radical (unpaired) electrons. The summed E-state index contributed by atoms with van der Waals surface area (Å²) in [6, 6.07) is 9.76. The van der Waals surface area contributed by atoms with Gasteiger partial charge in [-0.25, -0.2) is 4.79 Å². The molecule has 1 aromatic carbocycles. The molecule has 1 atom stereocenters. The summed E-state index contributed by atoms with van der Waals surface area (Å²) < 4.78 is 11.7. The molecule has 0 saturated carbocycles. The van der Waals surface area contributed by atoms with Crippen molar-refractivity contribution in [3.05, 3.63) is 63.8 Å². The van der Waals surface area contributed by atoms with E-state index in [0.29, 0.717) is 17.4 Å². The molecular formula is C26H29ClN2O4. The van der Waals surface area contributed by atoms with Crippen molar-refractivity contribution in [3.63, 3.8) is 0 Å². The summed E-state index contributed by atoms with van der Waals surface area (Å²) in [4.78, 5) is 19.3. The number of furan rings is 1. The highest BCUT2D eigenvalue weighted by Crippen LogP contribution is 2.35. The Morgan fingerprint density at radius 1 is 1.12 bits per heavy atom. The van der Waals surface area contributed by atoms with E-state index in [0.717, 1.165) is 64.7 Å². The summed E-state index contributed by atoms with van der Waals surface area (Å²) in [6.07, 6.45) is 6.23. The molecule has 0 spiro atoms. The van der Waals surface area contributed by atoms with Crippen LogP contribution in [0.15, 0.2) is 50.2 Å². The number of hydrogen-bond donors (Lipinski definition) is 1. The van der Waals surface area contributed by atoms with Gasteiger partial charge in [0, 0.05) is 47.8 Å². The van der Waals surface area contributed by atoms with Gasteiger partial charge in [0.2, 0.25) is 0 Å². The Hall–Kier alpha value is -2.67. The highest BCUT2D eigenvalue weighted by atomic mass is 35.5. The first-order valence-corrected chi connectivity index (χ1v) is 11.3. The van der Waals surface area contributed by atoms with Gasteiger partial charge in [0.25, 0.3) is 0 Å². The van der Waals surface area contributed by atoms with Gasteiger partial charge in [-0.3, -0.25) is 9.88 Å². The van der Waals surface area contributed by atoms with Crippen molar-refractivity contribution in [2.45, 2.75) is 52.1 Å². The first-order valence-electron chi connectivity index (χ1n) is 11.3. The van der Waals surface area contributed by atoms with Crippen LogP contribution in [0, 0.1) is 13.8 Å². The lowest BCUT2D eigenvalue weighted by Crippen LogP contribution is -2.39. The van der Waals surface area contributed by atoms with Crippen LogP contribution in [-0.4, -0.2) is 34.2 Å². The van der Waals surface area contributed by atoms with Gasteiger partial charge in [0.15, 0.2) is 5.58 Å². The minimum atomic E-state index is -0.395. The Labute approximate surface area is 198 Å². The maximum absolute atomic E-state index is 12.3. The van der Waals surface area contributed by atoms with Crippen LogP contribution in [0.4, 0.5) is 0 Å². The number of piperidine rings is 1. The van der Waals surface area contributed by atoms with Crippen LogP contribution in [0.1, 0.15) is 42.5 Å². The molecule has 4 aromatic rings. The van der Waals surface area contributed by atoms with Crippen LogP contribution in [0.3, 0.4) is 0 Å². The highest BCUT2D eigenvalue weighted by molar-refractivity contribution is 5.95. The Kier molecular flexibility index (Phi) is 6.88. The molecule has 1 N–H and O–H groups in total. The zero-order chi connectivity index (χ0) is 22.2. The molecule has 1 unspecified atom stereocenters. The number of nitrogens with zero attached hydrogens (tertiary/aromatic N) is 2. The predicted molar refractivity (Wildman–Crippen MR) is 132 cm³/mol. The fraction of sp³-hybridized carbons (Fsp3) is 0.385. The van der Waals surface area contributed by atoms with Crippen molar-refractivity contribution in [1.29, 1.82) is 0 Å². The number of aryl methyl sites for hydroxylation is 2. The van der Waals surface area contributed by atoms with E-state index in [1.807, 2.05) is 44.3 Å². The largest absolute Gasteiger partial charge is 0.454 e. The van der Waals surface area contributed by atoms with Crippen LogP contribution in [0.25, 0.3) is 33.3 Å². The van der Waals surface area contributed by atoms with E-state index in [-0.39, 0.29) is 19.0 Å². The molecular weight excluding hydrogens is 440 g/mol. The Morgan fingerprint density at radius 2 is 1.97 bits per heavy atom. The first kappa shape index (κ1) is 23.5. The fourth-order valence-electron chi connectivity index (χ4n) is 4.90. The molecule has 1 aliphatic heterocycles. The molecule has 174 valence electrons. The molecule has 0 aliphatic carbocycles. The lowest BCUT2D eigenvalue weighted by Gasteiger charge is -2.35. The summed E-state index contributed by atoms with van der Waals surface area (Å²) in [6.45, 7) is 5.91. The SMILES string of the molecule is Cc1ccc2c(-c3cc4c(CN5CCCCC5CCO)cnc(C)c4o3)cc(=O)oc2c1.Cl. The van der Waals surface area contributed by atoms with Crippen LogP contribution in [-0.2, 0) is 6.54 Å². The Balaban J connectivity index is 0.00000259. The quantitative estimate of drug-likeness (QED) is 0.396. The molecule has 1 saturated heterocycles. The first-order chi connectivity index (χ1) is 15.5. The number of aromatic nitrogens is 1. The maximum Gasteiger partial charge on any atom is 0.336 e. The number of fused-ring (bicyclic) bond motifs is 2. The third-order valence-electron chi connectivity index (χ3n) is 6.57. The molecule has 1 aliphatic rings. The lowest BCUT2D eigenvalue weighted by atomic mass is 9.98. The van der Waals surface area contributed by atoms with E-state index in [9.17, 15) is 9.90 Å². The van der Waals surface area contributed by atoms with Crippen molar-refractivity contribution in [2.24, 2.45) is 0 Å². The fourth-order valence-corrected chi connectivity index (χ4v) is 4.90. The number of aliphatic hydroxyl groups is 1. The molecule has 33 heavy (non-hydrogen) atoms. The molecule has 7 heteroatoms. The summed E-state index contributed by atoms with van der Waals surface area (Å²) in [5.41, 5.74) is 4.61. The van der Waals surface area contributed by atoms with Gasteiger partial charge in [-0.05, 0) is 62.9 Å². The molecule has 4 heterocycles. The smallest absolute Gasteiger partial charge is 0.336 e. The number of pyridine rings is 1. The van der Waals surface area contributed by atoms with E-state index < -0.39 is 5.63 Å². The number of likely N-dealkylation sites (tertiary alicyclic amines) is 1. The average Bonchev–Trinajstić information content (AvgIpc) is 3.23. The predicted octanol–water partition coefficient (Wildman–Crippen LogP) is 5.38. The van der Waals surface area contributed by atoms with Crippen molar-refractivity contribution in [2.75, 3.05) is 13.2 Å². The molecule has 0 bridgehead atoms. The number of halogens is 1. The van der Waals surface area contributed by atoms with E-state index in [4.69, 9.17) is 8.83 Å². The van der Waals surface area contributed by atoms with Gasteiger partial charge < -0.3 is 13.9 Å². The average molecular weight is 469 g/mol. The molecule has 6 nitrogen and oxygen atoms in total. The number of aliphatic hydroxyl groups excluding tert-OH is 1. The van der Waals surface area contributed by atoms with Gasteiger partial charge in [-0.2, -0.15) is 0 Å². The molecule has 1 fully saturated rings. The summed E-state index contributed by atoms with van der Waals surface area (Å²) in [7, 11) is 0. The van der Waals surface area contributed by atoms with Crippen molar-refractivity contribution in [3.8, 4) is 11.3 Å². The minimum absolute atomic E-state index is 0. The third kappa shape index (κ3) is 4.56. The van der Waals surface area contributed by atoms with Crippen molar-refractivity contribution >= 4 is 34.3 Å². The summed E-state index contributed by atoms with van der Waals surface area (Å²) in [5.74, 6) is 0.643. The molecule has 0 amide bonds. The van der Waals surface area contributed by atoms with E-state index in [1.165, 1.54) is 18.9 Å². The topological polar surface area (TPSA) is 79.7 Å². The van der Waals surface area contributed by atoms with E-state index >= 15 is 0 Å². The Bertz CT molecular complexity index is 1340. The van der Waals surface area contributed by atoms with Crippen LogP contribution < -0.4 is 5.63 Å². The minimum Gasteiger partial charge on any atom is -0.454 e. The maximum atomic E-state index is 12.3. The van der Waals surface area contributed by atoms with Crippen LogP contribution in [0.5, 0.6) is 0 Å². The van der Waals surface area contributed by atoms with E-state index in [2.05, 4.69) is 9.88 Å². The van der Waals surface area contributed by atoms with Crippen LogP contribution >= 0.6 is 12.4 Å². The van der Waals surface area contributed by atoms with Gasteiger partial charge in [-0.15, -0.1) is 12.4 Å². The normalized spacial score (nSPS) is 16.9.